The van der Waals surface area contributed by atoms with Gasteiger partial charge in [-0.2, -0.15) is 0 Å². The van der Waals surface area contributed by atoms with Crippen molar-refractivity contribution in [2.24, 2.45) is 5.41 Å². The van der Waals surface area contributed by atoms with E-state index in [1.54, 1.807) is 53.4 Å². The van der Waals surface area contributed by atoms with Crippen molar-refractivity contribution in [2.75, 3.05) is 23.4 Å². The van der Waals surface area contributed by atoms with Crippen LogP contribution >= 0.6 is 0 Å². The first-order chi connectivity index (χ1) is 14.2. The minimum Gasteiger partial charge on any atom is -0.491 e. The molecule has 0 bridgehead atoms. The molecule has 0 radical (unpaired) electrons. The van der Waals surface area contributed by atoms with Crippen LogP contribution in [0.25, 0.3) is 0 Å². The van der Waals surface area contributed by atoms with Gasteiger partial charge in [0.2, 0.25) is 5.91 Å². The number of amides is 2. The number of carbonyl (C=O) groups is 2. The third-order valence-corrected chi connectivity index (χ3v) is 4.72. The van der Waals surface area contributed by atoms with Gasteiger partial charge >= 0.3 is 0 Å². The molecule has 0 aliphatic carbocycles. The summed E-state index contributed by atoms with van der Waals surface area (Å²) in [6, 6.07) is 12.3. The van der Waals surface area contributed by atoms with Crippen molar-refractivity contribution in [3.63, 3.8) is 0 Å². The molecule has 2 aromatic carbocycles. The van der Waals surface area contributed by atoms with Crippen molar-refractivity contribution in [1.29, 1.82) is 0 Å². The Morgan fingerprint density at radius 3 is 2.60 bits per heavy atom. The Morgan fingerprint density at radius 1 is 1.27 bits per heavy atom. The maximum Gasteiger partial charge on any atom is 0.255 e. The van der Waals surface area contributed by atoms with Crippen LogP contribution in [0, 0.1) is 5.41 Å². The van der Waals surface area contributed by atoms with Gasteiger partial charge in [-0.1, -0.05) is 6.08 Å². The lowest BCUT2D eigenvalue weighted by Gasteiger charge is -2.27. The van der Waals surface area contributed by atoms with Gasteiger partial charge in [0.05, 0.1) is 17.2 Å². The molecule has 1 aliphatic heterocycles. The summed E-state index contributed by atoms with van der Waals surface area (Å²) in [5.74, 6) is 1.00. The number of rotatable bonds is 6. The highest BCUT2D eigenvalue weighted by Gasteiger charge is 2.37. The molecule has 0 aromatic heterocycles. The second-order valence-electron chi connectivity index (χ2n) is 8.20. The summed E-state index contributed by atoms with van der Waals surface area (Å²) in [4.78, 5) is 27.2. The topological polar surface area (TPSA) is 67.9 Å². The highest BCUT2D eigenvalue weighted by molar-refractivity contribution is 6.05. The van der Waals surface area contributed by atoms with Crippen molar-refractivity contribution in [3.05, 3.63) is 60.7 Å². The van der Waals surface area contributed by atoms with Crippen molar-refractivity contribution in [1.82, 2.24) is 0 Å². The second kappa shape index (κ2) is 8.61. The van der Waals surface area contributed by atoms with E-state index in [0.29, 0.717) is 29.2 Å². The molecule has 0 saturated carbocycles. The zero-order valence-corrected chi connectivity index (χ0v) is 17.9. The lowest BCUT2D eigenvalue weighted by atomic mass is 9.93. The first-order valence-corrected chi connectivity index (χ1v) is 9.99. The number of anilines is 2. The van der Waals surface area contributed by atoms with E-state index in [4.69, 9.17) is 9.47 Å². The zero-order chi connectivity index (χ0) is 21.9. The van der Waals surface area contributed by atoms with E-state index in [1.165, 1.54) is 0 Å². The number of hydrogen-bond acceptors (Lipinski definition) is 4. The van der Waals surface area contributed by atoms with E-state index in [0.717, 1.165) is 5.75 Å². The van der Waals surface area contributed by atoms with Gasteiger partial charge in [0.1, 0.15) is 18.1 Å². The molecule has 0 saturated heterocycles. The summed E-state index contributed by atoms with van der Waals surface area (Å²) in [6.07, 6.45) is 1.76. The molecule has 6 nitrogen and oxygen atoms in total. The third kappa shape index (κ3) is 4.64. The number of benzene rings is 2. The molecule has 1 heterocycles. The molecule has 158 valence electrons. The van der Waals surface area contributed by atoms with Crippen LogP contribution in [0.15, 0.2) is 55.1 Å². The Balaban J connectivity index is 1.81. The Hall–Kier alpha value is -3.28. The monoisotopic (exact) mass is 408 g/mol. The first kappa shape index (κ1) is 21.4. The fraction of sp³-hybridized carbons (Fsp3) is 0.333. The smallest absolute Gasteiger partial charge is 0.255 e. The van der Waals surface area contributed by atoms with Gasteiger partial charge < -0.3 is 19.7 Å². The van der Waals surface area contributed by atoms with Crippen LogP contribution in [0.2, 0.25) is 0 Å². The van der Waals surface area contributed by atoms with E-state index in [9.17, 15) is 9.59 Å². The maximum atomic E-state index is 12.9. The third-order valence-electron chi connectivity index (χ3n) is 4.72. The van der Waals surface area contributed by atoms with Crippen molar-refractivity contribution < 1.29 is 19.1 Å². The molecular formula is C24H28N2O4. The molecule has 1 aliphatic rings. The Morgan fingerprint density at radius 2 is 1.97 bits per heavy atom. The molecule has 30 heavy (non-hydrogen) atoms. The fourth-order valence-corrected chi connectivity index (χ4v) is 3.20. The van der Waals surface area contributed by atoms with Crippen LogP contribution in [0.1, 0.15) is 38.1 Å². The molecule has 6 heteroatoms. The predicted molar refractivity (Wildman–Crippen MR) is 118 cm³/mol. The Bertz CT molecular complexity index is 948. The molecule has 0 spiro atoms. The first-order valence-electron chi connectivity index (χ1n) is 9.99. The van der Waals surface area contributed by atoms with Gasteiger partial charge in [0, 0.05) is 23.9 Å². The van der Waals surface area contributed by atoms with E-state index in [1.807, 2.05) is 27.7 Å². The summed E-state index contributed by atoms with van der Waals surface area (Å²) in [5, 5.41) is 2.88. The van der Waals surface area contributed by atoms with E-state index < -0.39 is 5.41 Å². The van der Waals surface area contributed by atoms with Gasteiger partial charge in [-0.25, -0.2) is 0 Å². The summed E-state index contributed by atoms with van der Waals surface area (Å²) in [5.41, 5.74) is 1.11. The molecule has 2 amide bonds. The van der Waals surface area contributed by atoms with Gasteiger partial charge in [0.15, 0.2) is 0 Å². The number of nitrogens with one attached hydrogen (secondary N) is 1. The van der Waals surface area contributed by atoms with Crippen LogP contribution in [0.3, 0.4) is 0 Å². The van der Waals surface area contributed by atoms with E-state index in [2.05, 4.69) is 11.9 Å². The van der Waals surface area contributed by atoms with Gasteiger partial charge in [0.25, 0.3) is 5.91 Å². The Kier molecular flexibility index (Phi) is 6.15. The lowest BCUT2D eigenvalue weighted by Crippen LogP contribution is -2.42. The quantitative estimate of drug-likeness (QED) is 0.706. The molecular weight excluding hydrogens is 380 g/mol. The number of hydrogen-bond donors (Lipinski definition) is 1. The largest absolute Gasteiger partial charge is 0.491 e. The molecule has 0 unspecified atom stereocenters. The standard InChI is InChI=1S/C24H28N2O4/c1-6-13-26-20-12-9-18(14-21(20)29-15-24(4,5)23(26)28)25-22(27)17-7-10-19(11-8-17)30-16(2)3/h6-12,14,16H,1,13,15H2,2-5H3,(H,25,27). The Labute approximate surface area is 177 Å². The average Bonchev–Trinajstić information content (AvgIpc) is 2.78. The van der Waals surface area contributed by atoms with Crippen molar-refractivity contribution in [3.8, 4) is 11.5 Å². The van der Waals surface area contributed by atoms with Crippen LogP contribution in [0.4, 0.5) is 11.4 Å². The maximum absolute atomic E-state index is 12.9. The summed E-state index contributed by atoms with van der Waals surface area (Å²) < 4.78 is 11.5. The van der Waals surface area contributed by atoms with Gasteiger partial charge in [-0.05, 0) is 64.1 Å². The van der Waals surface area contributed by atoms with Gasteiger partial charge in [-0.15, -0.1) is 6.58 Å². The van der Waals surface area contributed by atoms with Gasteiger partial charge in [-0.3, -0.25) is 9.59 Å². The van der Waals surface area contributed by atoms with Crippen LogP contribution in [-0.2, 0) is 4.79 Å². The molecule has 0 atom stereocenters. The van der Waals surface area contributed by atoms with Crippen molar-refractivity contribution in [2.45, 2.75) is 33.8 Å². The van der Waals surface area contributed by atoms with Crippen molar-refractivity contribution >= 4 is 23.2 Å². The SMILES string of the molecule is C=CCN1C(=O)C(C)(C)COc2cc(NC(=O)c3ccc(OC(C)C)cc3)ccc21. The molecule has 1 N–H and O–H groups in total. The number of ether oxygens (including phenoxy) is 2. The van der Waals surface area contributed by atoms with E-state index in [-0.39, 0.29) is 24.5 Å². The lowest BCUT2D eigenvalue weighted by molar-refractivity contribution is -0.127. The zero-order valence-electron chi connectivity index (χ0n) is 17.9. The van der Waals surface area contributed by atoms with E-state index >= 15 is 0 Å². The minimum atomic E-state index is -0.661. The summed E-state index contributed by atoms with van der Waals surface area (Å²) in [7, 11) is 0. The predicted octanol–water partition coefficient (Wildman–Crippen LogP) is 4.66. The second-order valence-corrected chi connectivity index (χ2v) is 8.20. The molecule has 0 fully saturated rings. The highest BCUT2D eigenvalue weighted by Crippen LogP contribution is 2.38. The van der Waals surface area contributed by atoms with Crippen LogP contribution < -0.4 is 19.7 Å². The number of carbonyl (C=O) groups excluding carboxylic acids is 2. The summed E-state index contributed by atoms with van der Waals surface area (Å²) in [6.45, 7) is 12.0. The van der Waals surface area contributed by atoms with Crippen LogP contribution in [0.5, 0.6) is 11.5 Å². The normalized spacial score (nSPS) is 15.1. The fourth-order valence-electron chi connectivity index (χ4n) is 3.20. The number of nitrogens with zero attached hydrogens (tertiary/aromatic N) is 1. The number of fused-ring (bicyclic) bond motifs is 1. The van der Waals surface area contributed by atoms with Crippen LogP contribution in [-0.4, -0.2) is 31.1 Å². The molecule has 2 aromatic rings. The highest BCUT2D eigenvalue weighted by atomic mass is 16.5. The average molecular weight is 408 g/mol. The molecule has 3 rings (SSSR count). The summed E-state index contributed by atoms with van der Waals surface area (Å²) >= 11 is 0. The minimum absolute atomic E-state index is 0.0263.